The molecule has 0 aliphatic heterocycles. The number of rotatable bonds is 4. The van der Waals surface area contributed by atoms with Gasteiger partial charge in [0, 0.05) is 24.6 Å². The van der Waals surface area contributed by atoms with Crippen LogP contribution in [0.4, 0.5) is 13.2 Å². The lowest BCUT2D eigenvalue weighted by Crippen LogP contribution is -2.36. The number of aromatic nitrogens is 1. The van der Waals surface area contributed by atoms with Crippen LogP contribution in [0.1, 0.15) is 12.1 Å². The average Bonchev–Trinajstić information content (AvgIpc) is 2.35. The summed E-state index contributed by atoms with van der Waals surface area (Å²) in [5.74, 6) is 0. The van der Waals surface area contributed by atoms with Crippen molar-refractivity contribution in [1.29, 1.82) is 0 Å². The van der Waals surface area contributed by atoms with Crippen LogP contribution in [0.5, 0.6) is 0 Å². The lowest BCUT2D eigenvalue weighted by molar-refractivity contribution is -0.697. The van der Waals surface area contributed by atoms with Crippen molar-refractivity contribution in [3.8, 4) is 0 Å². The molecule has 0 atom stereocenters. The summed E-state index contributed by atoms with van der Waals surface area (Å²) in [7, 11) is -6.09. The Bertz CT molecular complexity index is 600. The van der Waals surface area contributed by atoms with Gasteiger partial charge < -0.3 is 4.55 Å². The number of aryl methyl sites for hydroxylation is 1. The molecule has 1 aromatic rings. The van der Waals surface area contributed by atoms with E-state index in [1.807, 2.05) is 18.2 Å². The van der Waals surface area contributed by atoms with E-state index < -0.39 is 15.6 Å². The molecule has 1 aromatic heterocycles. The average molecular weight is 435 g/mol. The van der Waals surface area contributed by atoms with Crippen molar-refractivity contribution >= 4 is 38.8 Å². The highest BCUT2D eigenvalue weighted by molar-refractivity contribution is 14.1. The smallest absolute Gasteiger partial charge is 0.485 e. The van der Waals surface area contributed by atoms with E-state index in [0.717, 1.165) is 18.7 Å². The molecule has 0 aliphatic carbocycles. The van der Waals surface area contributed by atoms with E-state index in [1.165, 1.54) is 3.58 Å². The Hall–Kier alpha value is -0.940. The Morgan fingerprint density at radius 1 is 1.43 bits per heavy atom. The Kier molecular flexibility index (Phi) is 8.11. The van der Waals surface area contributed by atoms with Gasteiger partial charge in [0.2, 0.25) is 5.69 Å². The zero-order valence-corrected chi connectivity index (χ0v) is 13.8. The van der Waals surface area contributed by atoms with Crippen LogP contribution < -0.4 is 4.57 Å². The Labute approximate surface area is 134 Å². The van der Waals surface area contributed by atoms with Gasteiger partial charge >= 0.3 is 5.51 Å². The van der Waals surface area contributed by atoms with E-state index in [2.05, 4.69) is 52.6 Å². The second-order valence-corrected chi connectivity index (χ2v) is 6.59. The lowest BCUT2D eigenvalue weighted by Gasteiger charge is -2.08. The first-order chi connectivity index (χ1) is 9.49. The van der Waals surface area contributed by atoms with E-state index in [9.17, 15) is 13.2 Å². The van der Waals surface area contributed by atoms with Crippen LogP contribution in [0, 0.1) is 0 Å². The van der Waals surface area contributed by atoms with Gasteiger partial charge in [-0.15, -0.1) is 0 Å². The number of halogens is 4. The van der Waals surface area contributed by atoms with Crippen LogP contribution in [-0.2, 0) is 16.7 Å². The van der Waals surface area contributed by atoms with Crippen molar-refractivity contribution in [2.75, 3.05) is 0 Å². The predicted octanol–water partition coefficient (Wildman–Crippen LogP) is 3.01. The normalized spacial score (nSPS) is 11.3. The summed E-state index contributed by atoms with van der Waals surface area (Å²) < 4.78 is 62.3. The third kappa shape index (κ3) is 8.17. The van der Waals surface area contributed by atoms with Crippen LogP contribution in [0.3, 0.4) is 0 Å². The third-order valence-corrected chi connectivity index (χ3v) is 3.20. The molecule has 0 N–H and O–H groups in total. The molecule has 4 nitrogen and oxygen atoms in total. The second-order valence-electron chi connectivity index (χ2n) is 3.69. The van der Waals surface area contributed by atoms with Crippen molar-refractivity contribution < 1.29 is 30.7 Å². The monoisotopic (exact) mass is 435 g/mol. The molecule has 9 heteroatoms. The molecule has 0 fully saturated rings. The molecule has 21 heavy (non-hydrogen) atoms. The van der Waals surface area contributed by atoms with E-state index in [4.69, 9.17) is 13.0 Å². The second kappa shape index (κ2) is 8.49. The van der Waals surface area contributed by atoms with Crippen LogP contribution >= 0.6 is 22.6 Å². The molecule has 118 valence electrons. The molecule has 0 spiro atoms. The van der Waals surface area contributed by atoms with Crippen LogP contribution in [0.25, 0.3) is 6.08 Å². The Morgan fingerprint density at radius 3 is 2.33 bits per heavy atom. The van der Waals surface area contributed by atoms with Gasteiger partial charge in [-0.3, -0.25) is 0 Å². The SMILES string of the molecule is C=Cc1cccc[n+]1CCC(=C)I.O=S(=O)([O-])C(F)(F)F. The number of allylic oxidation sites excluding steroid dienone is 1. The molecule has 0 bridgehead atoms. The summed E-state index contributed by atoms with van der Waals surface area (Å²) >= 11 is 2.26. The topological polar surface area (TPSA) is 61.1 Å². The Balaban J connectivity index is 0.000000433. The molecule has 0 aromatic carbocycles. The number of pyridine rings is 1. The highest BCUT2D eigenvalue weighted by atomic mass is 127. The standard InChI is InChI=1S/C11H13IN.CHF3O3S/c1-3-11-6-4-5-8-13(11)9-7-10(2)12;2-1(3,4)8(5,6)7/h3-6,8H,1-2,7,9H2;(H,5,6,7)/q+1;/p-1. The minimum absolute atomic E-state index is 0.976. The van der Waals surface area contributed by atoms with Gasteiger partial charge in [-0.1, -0.05) is 13.2 Å². The molecule has 0 saturated carbocycles. The minimum atomic E-state index is -6.09. The number of nitrogens with zero attached hydrogens (tertiary/aromatic N) is 1. The quantitative estimate of drug-likeness (QED) is 0.316. The molecule has 0 aliphatic rings. The van der Waals surface area contributed by atoms with Crippen molar-refractivity contribution in [1.82, 2.24) is 0 Å². The summed E-state index contributed by atoms with van der Waals surface area (Å²) in [6, 6.07) is 6.11. The first-order valence-corrected chi connectivity index (χ1v) is 7.94. The van der Waals surface area contributed by atoms with E-state index in [0.29, 0.717) is 0 Å². The van der Waals surface area contributed by atoms with Gasteiger partial charge in [0.15, 0.2) is 22.9 Å². The van der Waals surface area contributed by atoms with Crippen LogP contribution in [0.15, 0.2) is 41.1 Å². The third-order valence-electron chi connectivity index (χ3n) is 2.09. The van der Waals surface area contributed by atoms with Gasteiger partial charge in [0.1, 0.15) is 0 Å². The van der Waals surface area contributed by atoms with E-state index in [-0.39, 0.29) is 0 Å². The molecule has 0 radical (unpaired) electrons. The van der Waals surface area contributed by atoms with Gasteiger partial charge in [0.25, 0.3) is 0 Å². The first-order valence-electron chi connectivity index (χ1n) is 5.45. The molecule has 1 rings (SSSR count). The summed E-state index contributed by atoms with van der Waals surface area (Å²) in [5, 5.41) is 0. The van der Waals surface area contributed by atoms with E-state index >= 15 is 0 Å². The zero-order valence-electron chi connectivity index (χ0n) is 10.8. The zero-order chi connectivity index (χ0) is 16.7. The molecule has 1 heterocycles. The molecule has 0 unspecified atom stereocenters. The molecule has 0 amide bonds. The first kappa shape index (κ1) is 20.1. The van der Waals surface area contributed by atoms with Crippen molar-refractivity contribution in [2.45, 2.75) is 18.5 Å². The Morgan fingerprint density at radius 2 is 1.95 bits per heavy atom. The number of hydrogen-bond acceptors (Lipinski definition) is 3. The summed E-state index contributed by atoms with van der Waals surface area (Å²) in [4.78, 5) is 0. The lowest BCUT2D eigenvalue weighted by atomic mass is 10.3. The fourth-order valence-electron chi connectivity index (χ4n) is 1.12. The maximum absolute atomic E-state index is 10.7. The van der Waals surface area contributed by atoms with Gasteiger partial charge in [-0.2, -0.15) is 17.7 Å². The fraction of sp³-hybridized carbons (Fsp3) is 0.250. The van der Waals surface area contributed by atoms with Crippen molar-refractivity contribution in [2.24, 2.45) is 0 Å². The maximum atomic E-state index is 10.7. The predicted molar refractivity (Wildman–Crippen MR) is 80.3 cm³/mol. The maximum Gasteiger partial charge on any atom is 0.485 e. The highest BCUT2D eigenvalue weighted by Crippen LogP contribution is 2.20. The van der Waals surface area contributed by atoms with Crippen LogP contribution in [-0.4, -0.2) is 18.5 Å². The van der Waals surface area contributed by atoms with Crippen molar-refractivity contribution in [3.05, 3.63) is 46.8 Å². The summed E-state index contributed by atoms with van der Waals surface area (Å²) in [5.41, 5.74) is -4.49. The van der Waals surface area contributed by atoms with Gasteiger partial charge in [0.05, 0.1) is 0 Å². The fourth-order valence-corrected chi connectivity index (χ4v) is 1.36. The summed E-state index contributed by atoms with van der Waals surface area (Å²) in [6.45, 7) is 8.62. The van der Waals surface area contributed by atoms with E-state index in [1.54, 1.807) is 0 Å². The summed E-state index contributed by atoms with van der Waals surface area (Å²) in [6.07, 6.45) is 4.95. The van der Waals surface area contributed by atoms with Gasteiger partial charge in [-0.05, 0) is 32.2 Å². The minimum Gasteiger partial charge on any atom is -0.741 e. The molecular weight excluding hydrogens is 422 g/mol. The molecule has 0 saturated heterocycles. The largest absolute Gasteiger partial charge is 0.741 e. The van der Waals surface area contributed by atoms with Crippen molar-refractivity contribution in [3.63, 3.8) is 0 Å². The molecular formula is C12H13F3INO3S. The van der Waals surface area contributed by atoms with Crippen LogP contribution in [0.2, 0.25) is 0 Å². The van der Waals surface area contributed by atoms with Gasteiger partial charge in [-0.25, -0.2) is 8.42 Å². The number of hydrogen-bond donors (Lipinski definition) is 0. The highest BCUT2D eigenvalue weighted by Gasteiger charge is 2.36. The number of alkyl halides is 3.